The second-order valence-corrected chi connectivity index (χ2v) is 7.26. The molecule has 0 heterocycles. The first-order chi connectivity index (χ1) is 11.3. The van der Waals surface area contributed by atoms with E-state index in [1.54, 1.807) is 0 Å². The summed E-state index contributed by atoms with van der Waals surface area (Å²) in [6, 6.07) is 13.3. The standard InChI is InChI=1S/C16H13ClN2O4S/c17-14-5-7-15(8-6-14)24(22,23)19(10-9-18)11-12-1-3-13(4-2-12)16(20)21/h1-8H,10-11H2,(H,20,21). The van der Waals surface area contributed by atoms with E-state index in [4.69, 9.17) is 22.0 Å². The molecule has 0 spiro atoms. The van der Waals surface area contributed by atoms with Gasteiger partial charge in [0.1, 0.15) is 6.54 Å². The van der Waals surface area contributed by atoms with E-state index in [-0.39, 0.29) is 23.5 Å². The molecule has 0 saturated heterocycles. The first-order valence-corrected chi connectivity index (χ1v) is 8.61. The van der Waals surface area contributed by atoms with Crippen LogP contribution in [0.3, 0.4) is 0 Å². The molecule has 0 aliphatic carbocycles. The van der Waals surface area contributed by atoms with Crippen molar-refractivity contribution in [1.29, 1.82) is 5.26 Å². The number of benzene rings is 2. The maximum absolute atomic E-state index is 12.7. The molecule has 0 bridgehead atoms. The Hall–Kier alpha value is -2.40. The first kappa shape index (κ1) is 17.9. The summed E-state index contributed by atoms with van der Waals surface area (Å²) in [7, 11) is -3.87. The summed E-state index contributed by atoms with van der Waals surface area (Å²) in [4.78, 5) is 10.9. The van der Waals surface area contributed by atoms with Crippen LogP contribution in [0.4, 0.5) is 0 Å². The largest absolute Gasteiger partial charge is 0.478 e. The summed E-state index contributed by atoms with van der Waals surface area (Å²) in [6.45, 7) is -0.371. The van der Waals surface area contributed by atoms with Crippen LogP contribution in [-0.2, 0) is 16.6 Å². The van der Waals surface area contributed by atoms with Crippen molar-refractivity contribution in [2.24, 2.45) is 0 Å². The predicted molar refractivity (Wildman–Crippen MR) is 88.1 cm³/mol. The van der Waals surface area contributed by atoms with E-state index < -0.39 is 16.0 Å². The molecule has 0 unspecified atom stereocenters. The minimum atomic E-state index is -3.87. The average Bonchev–Trinajstić information content (AvgIpc) is 2.55. The van der Waals surface area contributed by atoms with Crippen molar-refractivity contribution in [1.82, 2.24) is 4.31 Å². The van der Waals surface area contributed by atoms with E-state index in [1.807, 2.05) is 6.07 Å². The van der Waals surface area contributed by atoms with Crippen molar-refractivity contribution in [2.75, 3.05) is 6.54 Å². The van der Waals surface area contributed by atoms with Crippen LogP contribution in [0, 0.1) is 11.3 Å². The molecule has 0 aliphatic rings. The van der Waals surface area contributed by atoms with Crippen LogP contribution in [0.15, 0.2) is 53.4 Å². The highest BCUT2D eigenvalue weighted by molar-refractivity contribution is 7.89. The molecule has 0 atom stereocenters. The van der Waals surface area contributed by atoms with Gasteiger partial charge < -0.3 is 5.11 Å². The fourth-order valence-corrected chi connectivity index (χ4v) is 3.47. The van der Waals surface area contributed by atoms with Crippen molar-refractivity contribution in [3.63, 3.8) is 0 Å². The molecule has 0 fully saturated rings. The van der Waals surface area contributed by atoms with Crippen LogP contribution in [-0.4, -0.2) is 30.3 Å². The van der Waals surface area contributed by atoms with Crippen LogP contribution < -0.4 is 0 Å². The van der Waals surface area contributed by atoms with Crippen molar-refractivity contribution in [2.45, 2.75) is 11.4 Å². The average molecular weight is 365 g/mol. The highest BCUT2D eigenvalue weighted by Gasteiger charge is 2.24. The number of hydrogen-bond acceptors (Lipinski definition) is 4. The lowest BCUT2D eigenvalue weighted by molar-refractivity contribution is 0.0697. The van der Waals surface area contributed by atoms with Gasteiger partial charge in [0.15, 0.2) is 0 Å². The Morgan fingerprint density at radius 3 is 2.21 bits per heavy atom. The lowest BCUT2D eigenvalue weighted by Crippen LogP contribution is -2.31. The van der Waals surface area contributed by atoms with Crippen LogP contribution in [0.1, 0.15) is 15.9 Å². The van der Waals surface area contributed by atoms with Gasteiger partial charge in [0, 0.05) is 11.6 Å². The molecule has 0 saturated carbocycles. The maximum Gasteiger partial charge on any atom is 0.335 e. The topological polar surface area (TPSA) is 98.5 Å². The van der Waals surface area contributed by atoms with Gasteiger partial charge in [0.25, 0.3) is 0 Å². The molecule has 24 heavy (non-hydrogen) atoms. The van der Waals surface area contributed by atoms with Gasteiger partial charge in [-0.05, 0) is 42.0 Å². The molecule has 1 N–H and O–H groups in total. The molecule has 0 radical (unpaired) electrons. The maximum atomic E-state index is 12.7. The summed E-state index contributed by atoms with van der Waals surface area (Å²) >= 11 is 5.76. The van der Waals surface area contributed by atoms with E-state index in [9.17, 15) is 13.2 Å². The van der Waals surface area contributed by atoms with Crippen LogP contribution in [0.25, 0.3) is 0 Å². The molecule has 8 heteroatoms. The van der Waals surface area contributed by atoms with E-state index in [2.05, 4.69) is 0 Å². The van der Waals surface area contributed by atoms with E-state index in [1.165, 1.54) is 48.5 Å². The van der Waals surface area contributed by atoms with Crippen LogP contribution in [0.2, 0.25) is 5.02 Å². The Morgan fingerprint density at radius 2 is 1.71 bits per heavy atom. The number of carboxylic acid groups (broad SMARTS) is 1. The highest BCUT2D eigenvalue weighted by Crippen LogP contribution is 2.20. The Labute approximate surface area is 144 Å². The first-order valence-electron chi connectivity index (χ1n) is 6.79. The molecule has 0 amide bonds. The smallest absolute Gasteiger partial charge is 0.335 e. The molecule has 2 rings (SSSR count). The van der Waals surface area contributed by atoms with Crippen LogP contribution in [0.5, 0.6) is 0 Å². The fourth-order valence-electron chi connectivity index (χ4n) is 2.02. The predicted octanol–water partition coefficient (Wildman–Crippen LogP) is 2.75. The van der Waals surface area contributed by atoms with Gasteiger partial charge in [-0.2, -0.15) is 9.57 Å². The Bertz CT molecular complexity index is 872. The quantitative estimate of drug-likeness (QED) is 0.794. The minimum Gasteiger partial charge on any atom is -0.478 e. The van der Waals surface area contributed by atoms with Crippen LogP contribution >= 0.6 is 11.6 Å². The molecule has 0 aromatic heterocycles. The zero-order chi connectivity index (χ0) is 17.7. The highest BCUT2D eigenvalue weighted by atomic mass is 35.5. The molecule has 124 valence electrons. The molecule has 0 aliphatic heterocycles. The fraction of sp³-hybridized carbons (Fsp3) is 0.125. The van der Waals surface area contributed by atoms with Gasteiger partial charge in [-0.15, -0.1) is 0 Å². The third kappa shape index (κ3) is 4.11. The minimum absolute atomic E-state index is 0.0318. The normalized spacial score (nSPS) is 11.2. The van der Waals surface area contributed by atoms with Crippen molar-refractivity contribution in [3.8, 4) is 6.07 Å². The third-order valence-corrected chi connectivity index (χ3v) is 5.32. The molecule has 6 nitrogen and oxygen atoms in total. The SMILES string of the molecule is N#CCN(Cc1ccc(C(=O)O)cc1)S(=O)(=O)c1ccc(Cl)cc1. The summed E-state index contributed by atoms with van der Waals surface area (Å²) < 4.78 is 26.3. The number of carboxylic acids is 1. The van der Waals surface area contributed by atoms with Crippen molar-refractivity contribution >= 4 is 27.6 Å². The van der Waals surface area contributed by atoms with Gasteiger partial charge in [0.2, 0.25) is 10.0 Å². The zero-order valence-electron chi connectivity index (χ0n) is 12.4. The number of nitrogens with zero attached hydrogens (tertiary/aromatic N) is 2. The summed E-state index contributed by atoms with van der Waals surface area (Å²) in [5.41, 5.74) is 0.680. The molecule has 2 aromatic rings. The van der Waals surface area contributed by atoms with Gasteiger partial charge in [-0.1, -0.05) is 23.7 Å². The number of sulfonamides is 1. The molecular weight excluding hydrogens is 352 g/mol. The third-order valence-electron chi connectivity index (χ3n) is 3.26. The number of carbonyl (C=O) groups is 1. The van der Waals surface area contributed by atoms with Gasteiger partial charge in [-0.3, -0.25) is 0 Å². The summed E-state index contributed by atoms with van der Waals surface area (Å²) in [6.07, 6.45) is 0. The van der Waals surface area contributed by atoms with E-state index in [0.29, 0.717) is 10.6 Å². The number of halogens is 1. The second kappa shape index (κ2) is 7.45. The van der Waals surface area contributed by atoms with Crippen molar-refractivity contribution < 1.29 is 18.3 Å². The zero-order valence-corrected chi connectivity index (χ0v) is 14.0. The number of hydrogen-bond donors (Lipinski definition) is 1. The van der Waals surface area contributed by atoms with Crippen molar-refractivity contribution in [3.05, 3.63) is 64.7 Å². The van der Waals surface area contributed by atoms with Gasteiger partial charge in [0.05, 0.1) is 16.5 Å². The second-order valence-electron chi connectivity index (χ2n) is 4.89. The number of rotatable bonds is 6. The van der Waals surface area contributed by atoms with E-state index >= 15 is 0 Å². The lowest BCUT2D eigenvalue weighted by atomic mass is 10.1. The number of aromatic carboxylic acids is 1. The lowest BCUT2D eigenvalue weighted by Gasteiger charge is -2.19. The Balaban J connectivity index is 2.30. The van der Waals surface area contributed by atoms with Gasteiger partial charge in [-0.25, -0.2) is 13.2 Å². The summed E-state index contributed by atoms with van der Waals surface area (Å²) in [5.74, 6) is -1.07. The Morgan fingerprint density at radius 1 is 1.12 bits per heavy atom. The van der Waals surface area contributed by atoms with Gasteiger partial charge >= 0.3 is 5.97 Å². The number of nitriles is 1. The summed E-state index contributed by atoms with van der Waals surface area (Å²) in [5, 5.41) is 18.2. The van der Waals surface area contributed by atoms with E-state index in [0.717, 1.165) is 4.31 Å². The Kier molecular flexibility index (Phi) is 5.57. The molecular formula is C16H13ClN2O4S. The monoisotopic (exact) mass is 364 g/mol. The molecule has 2 aromatic carbocycles.